The number of para-hydroxylation sites is 1. The number of nitrogens with one attached hydrogen (secondary N) is 1. The molecule has 0 radical (unpaired) electrons. The zero-order chi connectivity index (χ0) is 19.2. The van der Waals surface area contributed by atoms with E-state index in [-0.39, 0.29) is 11.2 Å². The van der Waals surface area contributed by atoms with E-state index in [2.05, 4.69) is 20.5 Å². The summed E-state index contributed by atoms with van der Waals surface area (Å²) >= 11 is 1.36. The highest BCUT2D eigenvalue weighted by Gasteiger charge is 2.19. The maximum atomic E-state index is 12.5. The molecule has 0 aliphatic carbocycles. The number of amides is 1. The van der Waals surface area contributed by atoms with Crippen molar-refractivity contribution in [2.24, 2.45) is 7.05 Å². The number of aromatic nitrogens is 4. The van der Waals surface area contributed by atoms with Crippen LogP contribution >= 0.6 is 11.8 Å². The number of carbonyl (C=O) groups excluding carboxylic acids is 1. The van der Waals surface area contributed by atoms with Gasteiger partial charge in [0, 0.05) is 37.1 Å². The van der Waals surface area contributed by atoms with Crippen LogP contribution in [0.5, 0.6) is 5.75 Å². The van der Waals surface area contributed by atoms with Gasteiger partial charge in [-0.05, 0) is 25.1 Å². The van der Waals surface area contributed by atoms with Crippen LogP contribution in [0.1, 0.15) is 12.5 Å². The van der Waals surface area contributed by atoms with Gasteiger partial charge in [-0.3, -0.25) is 9.78 Å². The predicted molar refractivity (Wildman–Crippen MR) is 104 cm³/mol. The SMILES string of the molecule is COc1ccccc1CNC(=O)C(C)Sc1nnc(-c2cccnc2)n1C. The molecule has 0 saturated heterocycles. The van der Waals surface area contributed by atoms with E-state index >= 15 is 0 Å². The molecule has 1 aromatic carbocycles. The second kappa shape index (κ2) is 8.68. The largest absolute Gasteiger partial charge is 0.496 e. The number of carbonyl (C=O) groups is 1. The number of thioether (sulfide) groups is 1. The third-order valence-electron chi connectivity index (χ3n) is 4.05. The van der Waals surface area contributed by atoms with Crippen molar-refractivity contribution in [1.29, 1.82) is 0 Å². The van der Waals surface area contributed by atoms with Crippen molar-refractivity contribution in [2.45, 2.75) is 23.9 Å². The molecule has 0 fully saturated rings. The summed E-state index contributed by atoms with van der Waals surface area (Å²) in [6, 6.07) is 11.4. The molecule has 2 aromatic heterocycles. The monoisotopic (exact) mass is 383 g/mol. The Hall–Kier alpha value is -2.87. The van der Waals surface area contributed by atoms with E-state index in [9.17, 15) is 4.79 Å². The highest BCUT2D eigenvalue weighted by Crippen LogP contribution is 2.25. The number of nitrogens with zero attached hydrogens (tertiary/aromatic N) is 4. The number of pyridine rings is 1. The summed E-state index contributed by atoms with van der Waals surface area (Å²) in [7, 11) is 3.50. The van der Waals surface area contributed by atoms with Crippen molar-refractivity contribution in [1.82, 2.24) is 25.1 Å². The molecule has 2 heterocycles. The van der Waals surface area contributed by atoms with Crippen LogP contribution in [-0.2, 0) is 18.4 Å². The molecular weight excluding hydrogens is 362 g/mol. The zero-order valence-electron chi connectivity index (χ0n) is 15.4. The van der Waals surface area contributed by atoms with Gasteiger partial charge in [-0.1, -0.05) is 30.0 Å². The molecule has 1 N–H and O–H groups in total. The van der Waals surface area contributed by atoms with Gasteiger partial charge in [-0.2, -0.15) is 0 Å². The lowest BCUT2D eigenvalue weighted by Crippen LogP contribution is -2.30. The van der Waals surface area contributed by atoms with Gasteiger partial charge in [0.1, 0.15) is 5.75 Å². The second-order valence-corrected chi connectivity index (χ2v) is 7.20. The lowest BCUT2D eigenvalue weighted by atomic mass is 10.2. The van der Waals surface area contributed by atoms with E-state index in [0.717, 1.165) is 16.9 Å². The van der Waals surface area contributed by atoms with Crippen LogP contribution < -0.4 is 10.1 Å². The Bertz CT molecular complexity index is 913. The van der Waals surface area contributed by atoms with E-state index in [0.29, 0.717) is 17.5 Å². The standard InChI is InChI=1S/C19H21N5O2S/c1-13(18(25)21-12-14-7-4-5-9-16(14)26-3)27-19-23-22-17(24(19)2)15-8-6-10-20-11-15/h4-11,13H,12H2,1-3H3,(H,21,25). The first kappa shape index (κ1) is 18.9. The number of rotatable bonds is 7. The molecule has 1 atom stereocenters. The third-order valence-corrected chi connectivity index (χ3v) is 5.19. The molecule has 1 amide bonds. The first-order chi connectivity index (χ1) is 13.1. The second-order valence-electron chi connectivity index (χ2n) is 5.90. The molecular formula is C19H21N5O2S. The van der Waals surface area contributed by atoms with E-state index in [1.165, 1.54) is 11.8 Å². The molecule has 0 spiro atoms. The van der Waals surface area contributed by atoms with Crippen LogP contribution in [0.2, 0.25) is 0 Å². The number of hydrogen-bond donors (Lipinski definition) is 1. The van der Waals surface area contributed by atoms with Gasteiger partial charge in [0.25, 0.3) is 0 Å². The average molecular weight is 383 g/mol. The van der Waals surface area contributed by atoms with Gasteiger partial charge < -0.3 is 14.6 Å². The van der Waals surface area contributed by atoms with Crippen LogP contribution in [0.4, 0.5) is 0 Å². The van der Waals surface area contributed by atoms with Crippen molar-refractivity contribution in [3.63, 3.8) is 0 Å². The van der Waals surface area contributed by atoms with Gasteiger partial charge in [-0.15, -0.1) is 10.2 Å². The topological polar surface area (TPSA) is 81.9 Å². The molecule has 0 aliphatic heterocycles. The normalized spacial score (nSPS) is 11.8. The van der Waals surface area contributed by atoms with Gasteiger partial charge in [0.2, 0.25) is 5.91 Å². The smallest absolute Gasteiger partial charge is 0.233 e. The Balaban J connectivity index is 1.63. The average Bonchev–Trinajstić information content (AvgIpc) is 3.07. The van der Waals surface area contributed by atoms with E-state index in [4.69, 9.17) is 4.74 Å². The number of hydrogen-bond acceptors (Lipinski definition) is 6. The molecule has 0 bridgehead atoms. The highest BCUT2D eigenvalue weighted by molar-refractivity contribution is 8.00. The molecule has 3 aromatic rings. The summed E-state index contributed by atoms with van der Waals surface area (Å²) in [5, 5.41) is 11.7. The highest BCUT2D eigenvalue weighted by atomic mass is 32.2. The molecule has 7 nitrogen and oxygen atoms in total. The molecule has 0 aliphatic rings. The van der Waals surface area contributed by atoms with E-state index < -0.39 is 0 Å². The lowest BCUT2D eigenvalue weighted by Gasteiger charge is -2.13. The molecule has 1 unspecified atom stereocenters. The molecule has 27 heavy (non-hydrogen) atoms. The van der Waals surface area contributed by atoms with Gasteiger partial charge in [0.05, 0.1) is 12.4 Å². The van der Waals surface area contributed by atoms with Crippen molar-refractivity contribution in [2.75, 3.05) is 7.11 Å². The molecule has 140 valence electrons. The molecule has 8 heteroatoms. The minimum atomic E-state index is -0.315. The van der Waals surface area contributed by atoms with Crippen LogP contribution in [-0.4, -0.2) is 38.0 Å². The summed E-state index contributed by atoms with van der Waals surface area (Å²) in [5.41, 5.74) is 1.82. The van der Waals surface area contributed by atoms with Crippen LogP contribution in [0, 0.1) is 0 Å². The summed E-state index contributed by atoms with van der Waals surface area (Å²) in [4.78, 5) is 16.6. The zero-order valence-corrected chi connectivity index (χ0v) is 16.2. The fourth-order valence-corrected chi connectivity index (χ4v) is 3.39. The molecule has 0 saturated carbocycles. The van der Waals surface area contributed by atoms with Gasteiger partial charge >= 0.3 is 0 Å². The van der Waals surface area contributed by atoms with Crippen molar-refractivity contribution in [3.8, 4) is 17.1 Å². The van der Waals surface area contributed by atoms with Crippen LogP contribution in [0.25, 0.3) is 11.4 Å². The maximum Gasteiger partial charge on any atom is 0.233 e. The Kier molecular flexibility index (Phi) is 6.08. The van der Waals surface area contributed by atoms with Crippen LogP contribution in [0.3, 0.4) is 0 Å². The Morgan fingerprint density at radius 2 is 2.07 bits per heavy atom. The van der Waals surface area contributed by atoms with Crippen molar-refractivity contribution in [3.05, 3.63) is 54.4 Å². The number of benzene rings is 1. The Morgan fingerprint density at radius 1 is 1.26 bits per heavy atom. The third kappa shape index (κ3) is 4.46. The number of methoxy groups -OCH3 is 1. The maximum absolute atomic E-state index is 12.5. The van der Waals surface area contributed by atoms with Crippen molar-refractivity contribution >= 4 is 17.7 Å². The fourth-order valence-electron chi connectivity index (χ4n) is 2.55. The minimum absolute atomic E-state index is 0.0724. The quantitative estimate of drug-likeness (QED) is 0.632. The van der Waals surface area contributed by atoms with Gasteiger partial charge in [0.15, 0.2) is 11.0 Å². The minimum Gasteiger partial charge on any atom is -0.496 e. The summed E-state index contributed by atoms with van der Waals surface area (Å²) in [6.07, 6.45) is 3.45. The van der Waals surface area contributed by atoms with E-state index in [1.807, 2.05) is 54.9 Å². The number of ether oxygens (including phenoxy) is 1. The Morgan fingerprint density at radius 3 is 2.81 bits per heavy atom. The summed E-state index contributed by atoms with van der Waals surface area (Å²) < 4.78 is 7.18. The van der Waals surface area contributed by atoms with Gasteiger partial charge in [-0.25, -0.2) is 0 Å². The summed E-state index contributed by atoms with van der Waals surface area (Å²) in [6.45, 7) is 2.26. The van der Waals surface area contributed by atoms with Crippen molar-refractivity contribution < 1.29 is 9.53 Å². The van der Waals surface area contributed by atoms with Crippen LogP contribution in [0.15, 0.2) is 53.9 Å². The lowest BCUT2D eigenvalue weighted by molar-refractivity contribution is -0.120. The Labute approximate surface area is 162 Å². The first-order valence-electron chi connectivity index (χ1n) is 8.46. The van der Waals surface area contributed by atoms with E-state index in [1.54, 1.807) is 19.5 Å². The summed E-state index contributed by atoms with van der Waals surface area (Å²) in [5.74, 6) is 1.40. The molecule has 3 rings (SSSR count). The predicted octanol–water partition coefficient (Wildman–Crippen LogP) is 2.68. The fraction of sp³-hybridized carbons (Fsp3) is 0.263. The first-order valence-corrected chi connectivity index (χ1v) is 9.34.